The van der Waals surface area contributed by atoms with E-state index in [-0.39, 0.29) is 22.0 Å². The SMILES string of the molecule is COc1ccccc1NS(=O)(=O)c1ccc(NC(=O)Nc2cc([N+](=O)[O-])cc([N+](=O)[O-])c2)cc1. The monoisotopic (exact) mass is 487 g/mol. The van der Waals surface area contributed by atoms with Gasteiger partial charge in [0.05, 0.1) is 39.3 Å². The largest absolute Gasteiger partial charge is 0.495 e. The van der Waals surface area contributed by atoms with E-state index < -0.39 is 37.3 Å². The average molecular weight is 487 g/mol. The minimum Gasteiger partial charge on any atom is -0.495 e. The summed E-state index contributed by atoms with van der Waals surface area (Å²) < 4.78 is 32.8. The van der Waals surface area contributed by atoms with Crippen LogP contribution in [0.1, 0.15) is 0 Å². The van der Waals surface area contributed by atoms with Gasteiger partial charge in [0.15, 0.2) is 0 Å². The Bertz CT molecular complexity index is 1330. The Morgan fingerprint density at radius 1 is 0.853 bits per heavy atom. The number of amides is 2. The van der Waals surface area contributed by atoms with Gasteiger partial charge in [-0.15, -0.1) is 0 Å². The number of nitro groups is 2. The molecule has 2 amide bonds. The second-order valence-electron chi connectivity index (χ2n) is 6.66. The van der Waals surface area contributed by atoms with Gasteiger partial charge in [-0.1, -0.05) is 12.1 Å². The van der Waals surface area contributed by atoms with Crippen molar-refractivity contribution >= 4 is 44.5 Å². The lowest BCUT2D eigenvalue weighted by Crippen LogP contribution is -2.19. The number of hydrogen-bond donors (Lipinski definition) is 3. The molecule has 0 saturated heterocycles. The van der Waals surface area contributed by atoms with Crippen molar-refractivity contribution in [2.75, 3.05) is 22.5 Å². The van der Waals surface area contributed by atoms with E-state index in [9.17, 15) is 33.4 Å². The molecule has 0 radical (unpaired) electrons. The van der Waals surface area contributed by atoms with Gasteiger partial charge >= 0.3 is 6.03 Å². The number of hydrogen-bond acceptors (Lipinski definition) is 8. The molecule has 14 heteroatoms. The van der Waals surface area contributed by atoms with Crippen LogP contribution in [0, 0.1) is 20.2 Å². The van der Waals surface area contributed by atoms with E-state index in [0.717, 1.165) is 18.2 Å². The Balaban J connectivity index is 1.72. The Labute approximate surface area is 192 Å². The first kappa shape index (κ1) is 23.9. The first-order valence-corrected chi connectivity index (χ1v) is 10.8. The molecule has 34 heavy (non-hydrogen) atoms. The van der Waals surface area contributed by atoms with Gasteiger partial charge in [0, 0.05) is 17.8 Å². The summed E-state index contributed by atoms with van der Waals surface area (Å²) in [6.07, 6.45) is 0. The van der Waals surface area contributed by atoms with Gasteiger partial charge in [-0.25, -0.2) is 13.2 Å². The van der Waals surface area contributed by atoms with Crippen LogP contribution in [0.5, 0.6) is 5.75 Å². The second-order valence-corrected chi connectivity index (χ2v) is 8.34. The van der Waals surface area contributed by atoms with Crippen molar-refractivity contribution in [3.8, 4) is 5.75 Å². The zero-order chi connectivity index (χ0) is 24.9. The van der Waals surface area contributed by atoms with Crippen LogP contribution in [0.3, 0.4) is 0 Å². The Hall–Kier alpha value is -4.72. The van der Waals surface area contributed by atoms with Crippen molar-refractivity contribution in [1.82, 2.24) is 0 Å². The number of nitro benzene ring substituents is 2. The smallest absolute Gasteiger partial charge is 0.323 e. The normalized spacial score (nSPS) is 10.7. The number of rotatable bonds is 8. The summed E-state index contributed by atoms with van der Waals surface area (Å²) in [5.74, 6) is 0.336. The van der Waals surface area contributed by atoms with Crippen LogP contribution in [-0.4, -0.2) is 31.4 Å². The number of non-ortho nitro benzene ring substituents is 2. The van der Waals surface area contributed by atoms with Gasteiger partial charge in [-0.2, -0.15) is 0 Å². The van der Waals surface area contributed by atoms with E-state index in [4.69, 9.17) is 4.74 Å². The van der Waals surface area contributed by atoms with Crippen molar-refractivity contribution < 1.29 is 27.8 Å². The van der Waals surface area contributed by atoms with Crippen LogP contribution >= 0.6 is 0 Å². The fourth-order valence-corrected chi connectivity index (χ4v) is 3.89. The fourth-order valence-electron chi connectivity index (χ4n) is 2.82. The highest BCUT2D eigenvalue weighted by atomic mass is 32.2. The third kappa shape index (κ3) is 5.74. The lowest BCUT2D eigenvalue weighted by Gasteiger charge is -2.12. The summed E-state index contributed by atoms with van der Waals surface area (Å²) >= 11 is 0. The molecule has 0 atom stereocenters. The van der Waals surface area contributed by atoms with Crippen LogP contribution in [0.4, 0.5) is 33.2 Å². The van der Waals surface area contributed by atoms with E-state index >= 15 is 0 Å². The molecule has 0 saturated carbocycles. The fraction of sp³-hybridized carbons (Fsp3) is 0.0500. The highest BCUT2D eigenvalue weighted by Gasteiger charge is 2.19. The van der Waals surface area contributed by atoms with Gasteiger partial charge in [0.2, 0.25) is 0 Å². The Kier molecular flexibility index (Phi) is 6.92. The van der Waals surface area contributed by atoms with E-state index in [1.807, 2.05) is 0 Å². The molecule has 3 rings (SSSR count). The molecule has 13 nitrogen and oxygen atoms in total. The second kappa shape index (κ2) is 9.83. The maximum Gasteiger partial charge on any atom is 0.323 e. The van der Waals surface area contributed by atoms with Crippen molar-refractivity contribution in [1.29, 1.82) is 0 Å². The first-order valence-electron chi connectivity index (χ1n) is 9.37. The molecule has 176 valence electrons. The highest BCUT2D eigenvalue weighted by Crippen LogP contribution is 2.27. The Morgan fingerprint density at radius 2 is 1.41 bits per heavy atom. The van der Waals surface area contributed by atoms with E-state index in [1.165, 1.54) is 37.4 Å². The summed E-state index contributed by atoms with van der Waals surface area (Å²) in [6.45, 7) is 0. The Morgan fingerprint density at radius 3 is 1.97 bits per heavy atom. The number of sulfonamides is 1. The number of nitrogens with one attached hydrogen (secondary N) is 3. The third-order valence-electron chi connectivity index (χ3n) is 4.36. The van der Waals surface area contributed by atoms with Crippen LogP contribution in [0.15, 0.2) is 71.6 Å². The van der Waals surface area contributed by atoms with Crippen LogP contribution in [0.2, 0.25) is 0 Å². The summed E-state index contributed by atoms with van der Waals surface area (Å²) in [4.78, 5) is 32.4. The molecule has 0 bridgehead atoms. The summed E-state index contributed by atoms with van der Waals surface area (Å²) in [5, 5.41) is 26.6. The molecule has 3 aromatic carbocycles. The quantitative estimate of drug-likeness (QED) is 0.315. The molecule has 0 spiro atoms. The first-order chi connectivity index (χ1) is 16.1. The topological polar surface area (TPSA) is 183 Å². The molecule has 3 N–H and O–H groups in total. The predicted molar refractivity (Wildman–Crippen MR) is 123 cm³/mol. The van der Waals surface area contributed by atoms with Gasteiger partial charge in [-0.05, 0) is 36.4 Å². The van der Waals surface area contributed by atoms with Crippen LogP contribution in [-0.2, 0) is 10.0 Å². The molecule has 0 fully saturated rings. The lowest BCUT2D eigenvalue weighted by atomic mass is 10.2. The van der Waals surface area contributed by atoms with E-state index in [0.29, 0.717) is 5.75 Å². The molecule has 0 aliphatic heterocycles. The van der Waals surface area contributed by atoms with Crippen molar-refractivity contribution in [3.05, 3.63) is 87.0 Å². The summed E-state index contributed by atoms with van der Waals surface area (Å²) in [5.41, 5.74) is -0.854. The molecule has 3 aromatic rings. The molecule has 0 unspecified atom stereocenters. The third-order valence-corrected chi connectivity index (χ3v) is 5.74. The number of nitrogens with zero attached hydrogens (tertiary/aromatic N) is 2. The van der Waals surface area contributed by atoms with Crippen molar-refractivity contribution in [3.63, 3.8) is 0 Å². The van der Waals surface area contributed by atoms with Crippen molar-refractivity contribution in [2.24, 2.45) is 0 Å². The number of urea groups is 1. The number of para-hydroxylation sites is 2. The number of benzene rings is 3. The van der Waals surface area contributed by atoms with Gasteiger partial charge < -0.3 is 15.4 Å². The molecular formula is C20H17N5O8S. The number of ether oxygens (including phenoxy) is 1. The van der Waals surface area contributed by atoms with E-state index in [1.54, 1.807) is 18.2 Å². The standard InChI is InChI=1S/C20H17N5O8S/c1-33-19-5-3-2-4-18(19)23-34(31,32)17-8-6-13(7-9-17)21-20(26)22-14-10-15(24(27)28)12-16(11-14)25(29)30/h2-12,23H,1H3,(H2,21,22,26). The van der Waals surface area contributed by atoms with Crippen LogP contribution in [0.25, 0.3) is 0 Å². The molecule has 0 aliphatic rings. The maximum atomic E-state index is 12.6. The van der Waals surface area contributed by atoms with Gasteiger partial charge in [-0.3, -0.25) is 25.0 Å². The van der Waals surface area contributed by atoms with Gasteiger partial charge in [0.25, 0.3) is 21.4 Å². The molecular weight excluding hydrogens is 470 g/mol. The lowest BCUT2D eigenvalue weighted by molar-refractivity contribution is -0.394. The minimum absolute atomic E-state index is 0.0846. The zero-order valence-electron chi connectivity index (χ0n) is 17.4. The predicted octanol–water partition coefficient (Wildman–Crippen LogP) is 3.96. The minimum atomic E-state index is -3.95. The number of carbonyl (C=O) groups is 1. The molecule has 0 aliphatic carbocycles. The number of methoxy groups -OCH3 is 1. The average Bonchev–Trinajstić information content (AvgIpc) is 2.79. The van der Waals surface area contributed by atoms with Crippen LogP contribution < -0.4 is 20.1 Å². The number of carbonyl (C=O) groups excluding carboxylic acids is 1. The summed E-state index contributed by atoms with van der Waals surface area (Å²) in [7, 11) is -2.54. The zero-order valence-corrected chi connectivity index (χ0v) is 18.2. The van der Waals surface area contributed by atoms with Crippen molar-refractivity contribution in [2.45, 2.75) is 4.90 Å². The maximum absolute atomic E-state index is 12.6. The van der Waals surface area contributed by atoms with E-state index in [2.05, 4.69) is 15.4 Å². The molecule has 0 heterocycles. The van der Waals surface area contributed by atoms with Gasteiger partial charge in [0.1, 0.15) is 5.75 Å². The number of anilines is 3. The highest BCUT2D eigenvalue weighted by molar-refractivity contribution is 7.92. The summed E-state index contributed by atoms with van der Waals surface area (Å²) in [6, 6.07) is 13.5. The molecule has 0 aromatic heterocycles.